The van der Waals surface area contributed by atoms with Gasteiger partial charge in [-0.25, -0.2) is 4.79 Å². The first-order valence-electron chi connectivity index (χ1n) is 12.6. The van der Waals surface area contributed by atoms with Crippen molar-refractivity contribution in [3.8, 4) is 11.5 Å². The van der Waals surface area contributed by atoms with Crippen molar-refractivity contribution in [3.63, 3.8) is 0 Å². The molecule has 206 valence electrons. The third-order valence-corrected chi connectivity index (χ3v) is 8.70. The minimum Gasteiger partial charge on any atom is -0.453 e. The number of thioether (sulfide) groups is 1. The zero-order valence-electron chi connectivity index (χ0n) is 22.5. The highest BCUT2D eigenvalue weighted by atomic mass is 35.5. The van der Waals surface area contributed by atoms with Crippen LogP contribution in [0.5, 0.6) is 11.5 Å². The number of H-pyrrole nitrogens is 1. The van der Waals surface area contributed by atoms with E-state index in [1.165, 1.54) is 18.9 Å². The molecule has 4 rings (SSSR count). The second-order valence-electron chi connectivity index (χ2n) is 10.0. The molecule has 2 aromatic rings. The molecule has 0 bridgehead atoms. The van der Waals surface area contributed by atoms with Crippen LogP contribution in [-0.2, 0) is 11.3 Å². The van der Waals surface area contributed by atoms with Gasteiger partial charge >= 0.3 is 6.09 Å². The Bertz CT molecular complexity index is 1310. The van der Waals surface area contributed by atoms with Gasteiger partial charge in [0.05, 0.1) is 12.1 Å². The number of carbonyl (C=O) groups excluding carboxylic acids is 2. The number of methoxy groups -OCH3 is 1. The standard InChI is InChI=1S/C27H34ClN3O6S/c1-14-11-21(38-6)19(25(33)30-14)13-29-24(32)18-12-20(28)23-22(15(18)2)36-27(3,37-23)16-7-9-17(10-8-16)31(4)26(34)35-5/h11-12,16-17H,7-10,13H2,1-6H3,(H,29,32)(H,30,33). The van der Waals surface area contributed by atoms with Crippen LogP contribution >= 0.6 is 23.4 Å². The van der Waals surface area contributed by atoms with Crippen LogP contribution in [0, 0.1) is 19.8 Å². The molecule has 0 radical (unpaired) electrons. The second-order valence-corrected chi connectivity index (χ2v) is 11.3. The molecule has 0 saturated heterocycles. The molecule has 9 nitrogen and oxygen atoms in total. The monoisotopic (exact) mass is 563 g/mol. The van der Waals surface area contributed by atoms with Gasteiger partial charge in [-0.05, 0) is 57.9 Å². The topological polar surface area (TPSA) is 110 Å². The van der Waals surface area contributed by atoms with E-state index in [-0.39, 0.29) is 41.1 Å². The van der Waals surface area contributed by atoms with Gasteiger partial charge in [-0.15, -0.1) is 11.8 Å². The predicted molar refractivity (Wildman–Crippen MR) is 147 cm³/mol. The van der Waals surface area contributed by atoms with E-state index in [2.05, 4.69) is 10.3 Å². The van der Waals surface area contributed by atoms with Crippen LogP contribution in [0.15, 0.2) is 21.8 Å². The molecule has 0 spiro atoms. The average molecular weight is 564 g/mol. The first-order valence-corrected chi connectivity index (χ1v) is 14.2. The van der Waals surface area contributed by atoms with E-state index in [0.29, 0.717) is 28.2 Å². The maximum absolute atomic E-state index is 13.2. The third-order valence-electron chi connectivity index (χ3n) is 7.62. The maximum atomic E-state index is 13.2. The van der Waals surface area contributed by atoms with Crippen LogP contribution in [0.3, 0.4) is 0 Å². The molecule has 2 N–H and O–H groups in total. The molecular formula is C27H34ClN3O6S. The summed E-state index contributed by atoms with van der Waals surface area (Å²) in [5, 5.41) is 3.14. The molecule has 1 atom stereocenters. The number of aromatic nitrogens is 1. The highest BCUT2D eigenvalue weighted by molar-refractivity contribution is 7.98. The highest BCUT2D eigenvalue weighted by Crippen LogP contribution is 2.51. The number of aromatic amines is 1. The molecule has 1 unspecified atom stereocenters. The molecule has 11 heteroatoms. The van der Waals surface area contributed by atoms with Crippen LogP contribution in [0.2, 0.25) is 5.02 Å². The molecule has 2 amide bonds. The Labute approximate surface area is 231 Å². The van der Waals surface area contributed by atoms with Gasteiger partial charge in [-0.3, -0.25) is 9.59 Å². The van der Waals surface area contributed by atoms with Crippen molar-refractivity contribution in [2.24, 2.45) is 5.92 Å². The minimum absolute atomic E-state index is 0.0724. The summed E-state index contributed by atoms with van der Waals surface area (Å²) < 4.78 is 17.5. The Morgan fingerprint density at radius 1 is 1.21 bits per heavy atom. The predicted octanol–water partition coefficient (Wildman–Crippen LogP) is 5.04. The first kappa shape index (κ1) is 28.2. The second kappa shape index (κ2) is 11.1. The van der Waals surface area contributed by atoms with E-state index in [4.69, 9.17) is 25.8 Å². The van der Waals surface area contributed by atoms with Crippen molar-refractivity contribution < 1.29 is 23.8 Å². The average Bonchev–Trinajstić information content (AvgIpc) is 3.28. The van der Waals surface area contributed by atoms with E-state index in [1.54, 1.807) is 24.9 Å². The SMILES string of the molecule is COC(=O)N(C)C1CCC(C2(C)Oc3c(Cl)cc(C(=O)NCc4c(SC)cc(C)[nH]c4=O)c(C)c3O2)CC1. The number of carbonyl (C=O) groups is 2. The number of nitrogens with zero attached hydrogens (tertiary/aromatic N) is 1. The number of hydrogen-bond donors (Lipinski definition) is 2. The third kappa shape index (κ3) is 5.33. The molecular weight excluding hydrogens is 530 g/mol. The number of amides is 2. The number of fused-ring (bicyclic) bond motifs is 1. The van der Waals surface area contributed by atoms with E-state index in [9.17, 15) is 14.4 Å². The molecule has 1 saturated carbocycles. The Morgan fingerprint density at radius 3 is 2.50 bits per heavy atom. The van der Waals surface area contributed by atoms with Crippen molar-refractivity contribution in [1.82, 2.24) is 15.2 Å². The molecule has 1 fully saturated rings. The summed E-state index contributed by atoms with van der Waals surface area (Å²) >= 11 is 8.03. The molecule has 1 aromatic carbocycles. The van der Waals surface area contributed by atoms with E-state index < -0.39 is 5.79 Å². The van der Waals surface area contributed by atoms with Crippen molar-refractivity contribution in [1.29, 1.82) is 0 Å². The minimum atomic E-state index is -0.941. The van der Waals surface area contributed by atoms with Gasteiger partial charge in [0.25, 0.3) is 17.3 Å². The fourth-order valence-corrected chi connectivity index (χ4v) is 6.27. The Balaban J connectivity index is 1.48. The summed E-state index contributed by atoms with van der Waals surface area (Å²) in [6.45, 7) is 5.59. The van der Waals surface area contributed by atoms with Crippen molar-refractivity contribution in [2.45, 2.75) is 69.7 Å². The van der Waals surface area contributed by atoms with Crippen LogP contribution in [0.1, 0.15) is 59.8 Å². The van der Waals surface area contributed by atoms with E-state index in [1.807, 2.05) is 26.2 Å². The van der Waals surface area contributed by atoms with Gasteiger partial charge in [0.1, 0.15) is 0 Å². The van der Waals surface area contributed by atoms with Crippen LogP contribution in [-0.4, -0.2) is 54.1 Å². The van der Waals surface area contributed by atoms with E-state index in [0.717, 1.165) is 36.3 Å². The largest absolute Gasteiger partial charge is 0.453 e. The number of pyridine rings is 1. The van der Waals surface area contributed by atoms with Gasteiger partial charge in [0.15, 0.2) is 11.5 Å². The summed E-state index contributed by atoms with van der Waals surface area (Å²) in [7, 11) is 3.14. The van der Waals surface area contributed by atoms with Crippen LogP contribution in [0.4, 0.5) is 4.79 Å². The Kier molecular flexibility index (Phi) is 8.23. The van der Waals surface area contributed by atoms with Gasteiger partial charge in [0, 0.05) is 59.8 Å². The molecule has 38 heavy (non-hydrogen) atoms. The van der Waals surface area contributed by atoms with Crippen LogP contribution in [0.25, 0.3) is 0 Å². The fraction of sp³-hybridized carbons (Fsp3) is 0.519. The quantitative estimate of drug-likeness (QED) is 0.474. The van der Waals surface area contributed by atoms with Crippen molar-refractivity contribution >= 4 is 35.4 Å². The Hall–Kier alpha value is -2.85. The summed E-state index contributed by atoms with van der Waals surface area (Å²) in [4.78, 5) is 42.8. The van der Waals surface area contributed by atoms with E-state index >= 15 is 0 Å². The number of hydrogen-bond acceptors (Lipinski definition) is 7. The lowest BCUT2D eigenvalue weighted by atomic mass is 9.81. The molecule has 2 aliphatic rings. The van der Waals surface area contributed by atoms with Crippen molar-refractivity contribution in [3.05, 3.63) is 49.9 Å². The first-order chi connectivity index (χ1) is 18.0. The summed E-state index contributed by atoms with van der Waals surface area (Å²) in [6, 6.07) is 3.56. The number of ether oxygens (including phenoxy) is 3. The smallest absolute Gasteiger partial charge is 0.409 e. The molecule has 1 aromatic heterocycles. The molecule has 1 aliphatic heterocycles. The highest BCUT2D eigenvalue weighted by Gasteiger charge is 2.48. The summed E-state index contributed by atoms with van der Waals surface area (Å²) in [5.74, 6) is -0.345. The van der Waals surface area contributed by atoms with Gasteiger partial charge in [-0.1, -0.05) is 11.6 Å². The zero-order valence-corrected chi connectivity index (χ0v) is 24.1. The number of halogens is 1. The Morgan fingerprint density at radius 2 is 1.87 bits per heavy atom. The number of benzene rings is 1. The summed E-state index contributed by atoms with van der Waals surface area (Å²) in [5.41, 5.74) is 2.02. The maximum Gasteiger partial charge on any atom is 0.409 e. The fourth-order valence-electron chi connectivity index (χ4n) is 5.33. The van der Waals surface area contributed by atoms with Gasteiger partial charge < -0.3 is 29.4 Å². The number of rotatable bonds is 6. The number of nitrogens with one attached hydrogen (secondary N) is 2. The van der Waals surface area contributed by atoms with Gasteiger partial charge in [-0.2, -0.15) is 0 Å². The normalized spacial score (nSPS) is 22.2. The lowest BCUT2D eigenvalue weighted by Crippen LogP contribution is -2.47. The summed E-state index contributed by atoms with van der Waals surface area (Å²) in [6.07, 6.45) is 4.73. The number of aryl methyl sites for hydroxylation is 1. The van der Waals surface area contributed by atoms with Crippen LogP contribution < -0.4 is 20.3 Å². The molecule has 2 heterocycles. The zero-order chi connectivity index (χ0) is 27.8. The molecule has 1 aliphatic carbocycles. The van der Waals surface area contributed by atoms with Gasteiger partial charge in [0.2, 0.25) is 0 Å². The van der Waals surface area contributed by atoms with Crippen molar-refractivity contribution in [2.75, 3.05) is 20.4 Å². The lowest BCUT2D eigenvalue weighted by Gasteiger charge is -2.39. The lowest BCUT2D eigenvalue weighted by molar-refractivity contribution is -0.123.